The van der Waals surface area contributed by atoms with Gasteiger partial charge >= 0.3 is 0 Å². The number of hydrogen-bond donors (Lipinski definition) is 2. The first-order valence-corrected chi connectivity index (χ1v) is 22.2. The number of aromatic nitrogens is 2. The molecule has 5 aromatic rings. The molecule has 60 heavy (non-hydrogen) atoms. The molecule has 1 fully saturated rings. The minimum atomic E-state index is -4.60. The summed E-state index contributed by atoms with van der Waals surface area (Å²) in [5.41, 5.74) is 5.73. The van der Waals surface area contributed by atoms with Crippen molar-refractivity contribution in [2.24, 2.45) is 17.3 Å². The first kappa shape index (κ1) is 41.3. The molecule has 0 radical (unpaired) electrons. The fraction of sp³-hybridized carbons (Fsp3) is 0.378. The van der Waals surface area contributed by atoms with Crippen molar-refractivity contribution in [2.45, 2.75) is 58.3 Å². The maximum absolute atomic E-state index is 14.0. The van der Waals surface area contributed by atoms with Crippen molar-refractivity contribution in [3.8, 4) is 17.2 Å². The number of amides is 1. The van der Waals surface area contributed by atoms with Crippen molar-refractivity contribution < 1.29 is 27.6 Å². The molecule has 1 aliphatic carbocycles. The number of nitro groups is 1. The Morgan fingerprint density at radius 3 is 2.58 bits per heavy atom. The summed E-state index contributed by atoms with van der Waals surface area (Å²) in [4.78, 5) is 37.2. The van der Waals surface area contributed by atoms with Crippen molar-refractivity contribution >= 4 is 55.5 Å². The van der Waals surface area contributed by atoms with Crippen LogP contribution < -0.4 is 19.1 Å². The monoisotopic (exact) mass is 852 g/mol. The van der Waals surface area contributed by atoms with Gasteiger partial charge in [0.15, 0.2) is 0 Å². The van der Waals surface area contributed by atoms with Gasteiger partial charge in [-0.1, -0.05) is 57.0 Å². The molecule has 13 nitrogen and oxygen atoms in total. The number of pyridine rings is 1. The number of nitrogens with one attached hydrogen (secondary N) is 2. The average Bonchev–Trinajstić information content (AvgIpc) is 3.69. The lowest BCUT2D eigenvalue weighted by atomic mass is 9.72. The maximum Gasteiger partial charge on any atom is 0.277 e. The zero-order valence-electron chi connectivity index (χ0n) is 34.2. The molecule has 2 aliphatic heterocycles. The third-order valence-electron chi connectivity index (χ3n) is 12.1. The number of carbonyl (C=O) groups excluding carboxylic acids is 1. The van der Waals surface area contributed by atoms with Crippen LogP contribution in [0, 0.1) is 27.4 Å². The Morgan fingerprint density at radius 2 is 1.85 bits per heavy atom. The lowest BCUT2D eigenvalue weighted by Gasteiger charge is -2.39. The largest absolute Gasteiger partial charge is 0.493 e. The van der Waals surface area contributed by atoms with Gasteiger partial charge in [-0.25, -0.2) is 18.1 Å². The number of rotatable bonds is 11. The molecule has 2 aromatic heterocycles. The third-order valence-corrected chi connectivity index (χ3v) is 13.7. The Balaban J connectivity index is 1.03. The molecule has 3 aliphatic rings. The number of H-pyrrole nitrogens is 1. The smallest absolute Gasteiger partial charge is 0.277 e. The number of anilines is 1. The standard InChI is InChI=1S/C45H49ClN6O7S/c1-28(2)32-20-38-40(52(54)55)22-36(23-41(38)58-27-32)60(56,57)49-44(53)37-10-9-34(21-42(37)59-35-19-30-12-14-47-43(30)48-25-35)51-17-15-50(16-18-51)26-31-11-13-45(3,4)24-39(31)29-5-7-33(46)8-6-29/h5-10,12,14,19,21-23,25,28,32H,11,13,15-18,20,24,26-27H2,1-4H3,(H,47,48)(H,49,53)/t32-/m0/s1. The summed E-state index contributed by atoms with van der Waals surface area (Å²) in [7, 11) is -4.60. The molecule has 2 N–H and O–H groups in total. The van der Waals surface area contributed by atoms with E-state index in [1.807, 2.05) is 32.0 Å². The quantitative estimate of drug-likeness (QED) is 0.0970. The molecule has 314 valence electrons. The van der Waals surface area contributed by atoms with Gasteiger partial charge in [0.2, 0.25) is 0 Å². The zero-order valence-corrected chi connectivity index (χ0v) is 35.7. The van der Waals surface area contributed by atoms with E-state index in [9.17, 15) is 23.3 Å². The number of nitrogens with zero attached hydrogens (tertiary/aromatic N) is 4. The lowest BCUT2D eigenvalue weighted by Crippen LogP contribution is -2.47. The van der Waals surface area contributed by atoms with Gasteiger partial charge in [-0.2, -0.15) is 0 Å². The maximum atomic E-state index is 14.0. The van der Waals surface area contributed by atoms with Gasteiger partial charge < -0.3 is 19.4 Å². The van der Waals surface area contributed by atoms with E-state index in [1.54, 1.807) is 30.5 Å². The van der Waals surface area contributed by atoms with Crippen LogP contribution in [0.25, 0.3) is 16.6 Å². The van der Waals surface area contributed by atoms with Crippen LogP contribution >= 0.6 is 11.6 Å². The highest BCUT2D eigenvalue weighted by Crippen LogP contribution is 2.44. The van der Waals surface area contributed by atoms with Crippen LogP contribution in [0.1, 0.15) is 68.4 Å². The van der Waals surface area contributed by atoms with Crippen LogP contribution in [0.4, 0.5) is 11.4 Å². The van der Waals surface area contributed by atoms with Gasteiger partial charge in [0, 0.05) is 73.2 Å². The highest BCUT2D eigenvalue weighted by Gasteiger charge is 2.34. The van der Waals surface area contributed by atoms with Gasteiger partial charge in [0.05, 0.1) is 33.7 Å². The first-order valence-electron chi connectivity index (χ1n) is 20.3. The predicted molar refractivity (Wildman–Crippen MR) is 233 cm³/mol. The van der Waals surface area contributed by atoms with E-state index >= 15 is 0 Å². The molecule has 0 spiro atoms. The van der Waals surface area contributed by atoms with Crippen LogP contribution in [-0.2, 0) is 16.4 Å². The van der Waals surface area contributed by atoms with Crippen molar-refractivity contribution in [1.29, 1.82) is 0 Å². The van der Waals surface area contributed by atoms with E-state index in [-0.39, 0.29) is 40.0 Å². The first-order chi connectivity index (χ1) is 28.6. The Morgan fingerprint density at radius 1 is 1.08 bits per heavy atom. The predicted octanol–water partition coefficient (Wildman–Crippen LogP) is 9.03. The van der Waals surface area contributed by atoms with E-state index in [2.05, 4.69) is 50.5 Å². The second-order valence-corrected chi connectivity index (χ2v) is 19.3. The van der Waals surface area contributed by atoms with Gasteiger partial charge in [-0.15, -0.1) is 0 Å². The number of sulfonamides is 1. The number of hydrogen-bond acceptors (Lipinski definition) is 10. The summed E-state index contributed by atoms with van der Waals surface area (Å²) in [6.07, 6.45) is 6.86. The number of aromatic amines is 1. The second kappa shape index (κ2) is 16.5. The Bertz CT molecular complexity index is 2600. The Kier molecular flexibility index (Phi) is 11.4. The summed E-state index contributed by atoms with van der Waals surface area (Å²) in [6, 6.07) is 19.1. The van der Waals surface area contributed by atoms with E-state index in [1.165, 1.54) is 29.0 Å². The molecule has 8 rings (SSSR count). The topological polar surface area (TPSA) is 160 Å². The molecule has 0 bridgehead atoms. The molecular formula is C45H49ClN6O7S. The summed E-state index contributed by atoms with van der Waals surface area (Å²) < 4.78 is 41.9. The number of nitro benzene ring substituents is 1. The summed E-state index contributed by atoms with van der Waals surface area (Å²) in [5.74, 6) is -0.113. The Hall–Kier alpha value is -5.44. The molecule has 1 atom stereocenters. The number of piperazine rings is 1. The van der Waals surface area contributed by atoms with E-state index < -0.39 is 25.7 Å². The average molecular weight is 853 g/mol. The van der Waals surface area contributed by atoms with Gasteiger partial charge in [-0.05, 0) is 90.5 Å². The molecule has 0 saturated carbocycles. The number of allylic oxidation sites excluding steroid dienone is 1. The third kappa shape index (κ3) is 8.86. The second-order valence-electron chi connectivity index (χ2n) is 17.2. The van der Waals surface area contributed by atoms with Crippen molar-refractivity contribution in [2.75, 3.05) is 44.2 Å². The number of fused-ring (bicyclic) bond motifs is 2. The highest BCUT2D eigenvalue weighted by molar-refractivity contribution is 7.90. The van der Waals surface area contributed by atoms with Crippen LogP contribution in [0.3, 0.4) is 0 Å². The molecule has 1 amide bonds. The van der Waals surface area contributed by atoms with Crippen LogP contribution in [0.15, 0.2) is 89.6 Å². The summed E-state index contributed by atoms with van der Waals surface area (Å²) >= 11 is 6.24. The van der Waals surface area contributed by atoms with Crippen LogP contribution in [0.5, 0.6) is 17.2 Å². The van der Waals surface area contributed by atoms with Crippen LogP contribution in [-0.4, -0.2) is 73.4 Å². The van der Waals surface area contributed by atoms with E-state index in [0.717, 1.165) is 74.1 Å². The lowest BCUT2D eigenvalue weighted by molar-refractivity contribution is -0.386. The Labute approximate surface area is 354 Å². The van der Waals surface area contributed by atoms with Crippen molar-refractivity contribution in [3.63, 3.8) is 0 Å². The molecule has 4 heterocycles. The zero-order chi connectivity index (χ0) is 42.3. The summed E-state index contributed by atoms with van der Waals surface area (Å²) in [5, 5.41) is 13.7. The number of benzene rings is 3. The highest BCUT2D eigenvalue weighted by atomic mass is 35.5. The molecule has 15 heteroatoms. The van der Waals surface area contributed by atoms with Gasteiger partial charge in [-0.3, -0.25) is 19.8 Å². The van der Waals surface area contributed by atoms with E-state index in [4.69, 9.17) is 21.1 Å². The van der Waals surface area contributed by atoms with Crippen molar-refractivity contribution in [3.05, 3.63) is 117 Å². The number of ether oxygens (including phenoxy) is 2. The van der Waals surface area contributed by atoms with E-state index in [0.29, 0.717) is 30.0 Å². The van der Waals surface area contributed by atoms with Crippen LogP contribution in [0.2, 0.25) is 5.02 Å². The minimum Gasteiger partial charge on any atom is -0.493 e. The molecular weight excluding hydrogens is 804 g/mol. The molecule has 3 aromatic carbocycles. The molecule has 0 unspecified atom stereocenters. The number of carbonyl (C=O) groups is 1. The normalized spacial score (nSPS) is 18.3. The molecule has 1 saturated heterocycles. The number of halogens is 1. The van der Waals surface area contributed by atoms with Crippen molar-refractivity contribution in [1.82, 2.24) is 19.6 Å². The van der Waals surface area contributed by atoms with Gasteiger partial charge in [0.25, 0.3) is 21.6 Å². The fourth-order valence-corrected chi connectivity index (χ4v) is 9.55. The minimum absolute atomic E-state index is 0.0396. The summed E-state index contributed by atoms with van der Waals surface area (Å²) in [6.45, 7) is 13.0. The SMILES string of the molecule is CC(C)[C@@H]1COc2cc(S(=O)(=O)NC(=O)c3ccc(N4CCN(CC5=C(c6ccc(Cl)cc6)CC(C)(C)CC5)CC4)cc3Oc3cnc4[nH]ccc4c3)cc([N+](=O)[O-])c2C1. The van der Waals surface area contributed by atoms with Gasteiger partial charge in [0.1, 0.15) is 22.9 Å². The fourth-order valence-electron chi connectivity index (χ4n) is 8.42.